The van der Waals surface area contributed by atoms with Gasteiger partial charge in [0, 0.05) is 30.5 Å². The molecule has 3 heteroatoms. The first-order chi connectivity index (χ1) is 8.59. The molecular formula is C15H25N3. The van der Waals surface area contributed by atoms with Crippen molar-refractivity contribution in [3.05, 3.63) is 18.3 Å². The van der Waals surface area contributed by atoms with Crippen LogP contribution in [0.1, 0.15) is 46.5 Å². The molecule has 0 spiro atoms. The number of aromatic nitrogens is 1. The highest BCUT2D eigenvalue weighted by molar-refractivity contribution is 5.52. The molecule has 0 unspecified atom stereocenters. The van der Waals surface area contributed by atoms with Gasteiger partial charge in [-0.1, -0.05) is 13.8 Å². The van der Waals surface area contributed by atoms with E-state index >= 15 is 0 Å². The Morgan fingerprint density at radius 3 is 2.72 bits per heavy atom. The Bertz CT molecular complexity index is 377. The minimum Gasteiger partial charge on any atom is -0.382 e. The SMILES string of the molecule is CCNc1cc(NC2CCC(C)(C)CC2)ccn1. The maximum atomic E-state index is 4.29. The topological polar surface area (TPSA) is 37.0 Å². The lowest BCUT2D eigenvalue weighted by Gasteiger charge is -2.35. The van der Waals surface area contributed by atoms with Crippen LogP contribution in [0, 0.1) is 5.41 Å². The second-order valence-electron chi connectivity index (χ2n) is 6.04. The minimum absolute atomic E-state index is 0.533. The number of rotatable bonds is 4. The molecule has 100 valence electrons. The molecular weight excluding hydrogens is 222 g/mol. The predicted octanol–water partition coefficient (Wildman–Crippen LogP) is 3.89. The van der Waals surface area contributed by atoms with E-state index in [1.165, 1.54) is 31.4 Å². The summed E-state index contributed by atoms with van der Waals surface area (Å²) >= 11 is 0. The molecule has 1 aliphatic rings. The molecule has 0 radical (unpaired) electrons. The molecule has 3 nitrogen and oxygen atoms in total. The zero-order valence-corrected chi connectivity index (χ0v) is 11.8. The average Bonchev–Trinajstić information content (AvgIpc) is 2.33. The van der Waals surface area contributed by atoms with Gasteiger partial charge in [0.15, 0.2) is 0 Å². The Morgan fingerprint density at radius 2 is 2.06 bits per heavy atom. The maximum absolute atomic E-state index is 4.29. The summed E-state index contributed by atoms with van der Waals surface area (Å²) in [6.45, 7) is 7.75. The van der Waals surface area contributed by atoms with Crippen LogP contribution in [0.15, 0.2) is 18.3 Å². The van der Waals surface area contributed by atoms with E-state index in [4.69, 9.17) is 0 Å². The number of hydrogen-bond donors (Lipinski definition) is 2. The molecule has 0 amide bonds. The van der Waals surface area contributed by atoms with Gasteiger partial charge < -0.3 is 10.6 Å². The molecule has 1 aromatic rings. The third-order valence-electron chi connectivity index (χ3n) is 3.83. The van der Waals surface area contributed by atoms with Gasteiger partial charge in [-0.15, -0.1) is 0 Å². The number of hydrogen-bond acceptors (Lipinski definition) is 3. The van der Waals surface area contributed by atoms with Gasteiger partial charge in [0.05, 0.1) is 0 Å². The van der Waals surface area contributed by atoms with Crippen molar-refractivity contribution in [2.75, 3.05) is 17.2 Å². The number of pyridine rings is 1. The highest BCUT2D eigenvalue weighted by Crippen LogP contribution is 2.36. The van der Waals surface area contributed by atoms with Crippen molar-refractivity contribution in [3.8, 4) is 0 Å². The molecule has 1 heterocycles. The first-order valence-corrected chi connectivity index (χ1v) is 7.05. The Hall–Kier alpha value is -1.25. The predicted molar refractivity (Wildman–Crippen MR) is 78.1 cm³/mol. The molecule has 0 aliphatic heterocycles. The van der Waals surface area contributed by atoms with E-state index < -0.39 is 0 Å². The normalized spacial score (nSPS) is 19.5. The average molecular weight is 247 g/mol. The summed E-state index contributed by atoms with van der Waals surface area (Å²) in [6, 6.07) is 4.78. The molecule has 18 heavy (non-hydrogen) atoms. The zero-order chi connectivity index (χ0) is 13.0. The van der Waals surface area contributed by atoms with E-state index in [1.54, 1.807) is 0 Å². The van der Waals surface area contributed by atoms with E-state index in [2.05, 4.69) is 48.5 Å². The van der Waals surface area contributed by atoms with E-state index in [0.29, 0.717) is 11.5 Å². The van der Waals surface area contributed by atoms with Gasteiger partial charge in [-0.3, -0.25) is 0 Å². The summed E-state index contributed by atoms with van der Waals surface area (Å²) in [5.41, 5.74) is 1.72. The molecule has 0 atom stereocenters. The number of anilines is 2. The molecule has 1 aromatic heterocycles. The van der Waals surface area contributed by atoms with Crippen molar-refractivity contribution >= 4 is 11.5 Å². The smallest absolute Gasteiger partial charge is 0.127 e. The highest BCUT2D eigenvalue weighted by Gasteiger charge is 2.26. The van der Waals surface area contributed by atoms with Crippen LogP contribution in [0.2, 0.25) is 0 Å². The standard InChI is InChI=1S/C15H25N3/c1-4-16-14-11-13(7-10-17-14)18-12-5-8-15(2,3)9-6-12/h7,10-12H,4-6,8-9H2,1-3H3,(H2,16,17,18). The third kappa shape index (κ3) is 3.62. The quantitative estimate of drug-likeness (QED) is 0.847. The van der Waals surface area contributed by atoms with Gasteiger partial charge in [-0.05, 0) is 44.1 Å². The molecule has 0 bridgehead atoms. The summed E-state index contributed by atoms with van der Waals surface area (Å²) < 4.78 is 0. The molecule has 1 aliphatic carbocycles. The van der Waals surface area contributed by atoms with E-state index in [-0.39, 0.29) is 0 Å². The Balaban J connectivity index is 1.91. The molecule has 1 fully saturated rings. The van der Waals surface area contributed by atoms with E-state index in [9.17, 15) is 0 Å². The van der Waals surface area contributed by atoms with Gasteiger partial charge >= 0.3 is 0 Å². The van der Waals surface area contributed by atoms with Crippen LogP contribution in [-0.4, -0.2) is 17.6 Å². The first-order valence-electron chi connectivity index (χ1n) is 7.05. The Morgan fingerprint density at radius 1 is 1.33 bits per heavy atom. The minimum atomic E-state index is 0.533. The Labute approximate surface area is 110 Å². The molecule has 2 N–H and O–H groups in total. The molecule has 2 rings (SSSR count). The summed E-state index contributed by atoms with van der Waals surface area (Å²) in [6.07, 6.45) is 7.04. The summed E-state index contributed by atoms with van der Waals surface area (Å²) in [5, 5.41) is 6.88. The van der Waals surface area contributed by atoms with Crippen molar-refractivity contribution < 1.29 is 0 Å². The van der Waals surface area contributed by atoms with E-state index in [0.717, 1.165) is 12.4 Å². The monoisotopic (exact) mass is 247 g/mol. The fourth-order valence-corrected chi connectivity index (χ4v) is 2.58. The van der Waals surface area contributed by atoms with Crippen LogP contribution < -0.4 is 10.6 Å². The summed E-state index contributed by atoms with van der Waals surface area (Å²) in [4.78, 5) is 4.29. The molecule has 1 saturated carbocycles. The lowest BCUT2D eigenvalue weighted by molar-refractivity contribution is 0.232. The summed E-state index contributed by atoms with van der Waals surface area (Å²) in [5.74, 6) is 0.957. The fraction of sp³-hybridized carbons (Fsp3) is 0.667. The van der Waals surface area contributed by atoms with Gasteiger partial charge in [-0.25, -0.2) is 4.98 Å². The van der Waals surface area contributed by atoms with Crippen LogP contribution in [0.5, 0.6) is 0 Å². The van der Waals surface area contributed by atoms with Crippen molar-refractivity contribution in [2.24, 2.45) is 5.41 Å². The number of nitrogens with one attached hydrogen (secondary N) is 2. The lowest BCUT2D eigenvalue weighted by atomic mass is 9.75. The van der Waals surface area contributed by atoms with Crippen LogP contribution in [-0.2, 0) is 0 Å². The fourth-order valence-electron chi connectivity index (χ4n) is 2.58. The second-order valence-corrected chi connectivity index (χ2v) is 6.04. The van der Waals surface area contributed by atoms with Crippen LogP contribution >= 0.6 is 0 Å². The van der Waals surface area contributed by atoms with Crippen molar-refractivity contribution in [1.82, 2.24) is 4.98 Å². The maximum Gasteiger partial charge on any atom is 0.127 e. The first kappa shape index (κ1) is 13.2. The second kappa shape index (κ2) is 5.59. The van der Waals surface area contributed by atoms with Crippen molar-refractivity contribution in [2.45, 2.75) is 52.5 Å². The van der Waals surface area contributed by atoms with Crippen LogP contribution in [0.4, 0.5) is 11.5 Å². The van der Waals surface area contributed by atoms with Crippen LogP contribution in [0.3, 0.4) is 0 Å². The lowest BCUT2D eigenvalue weighted by Crippen LogP contribution is -2.29. The molecule has 0 saturated heterocycles. The summed E-state index contributed by atoms with van der Waals surface area (Å²) in [7, 11) is 0. The van der Waals surface area contributed by atoms with Crippen LogP contribution in [0.25, 0.3) is 0 Å². The Kier molecular flexibility index (Phi) is 4.10. The zero-order valence-electron chi connectivity index (χ0n) is 11.8. The number of nitrogens with zero attached hydrogens (tertiary/aromatic N) is 1. The van der Waals surface area contributed by atoms with Gasteiger partial charge in [-0.2, -0.15) is 0 Å². The molecule has 0 aromatic carbocycles. The van der Waals surface area contributed by atoms with Gasteiger partial charge in [0.1, 0.15) is 5.82 Å². The third-order valence-corrected chi connectivity index (χ3v) is 3.83. The van der Waals surface area contributed by atoms with Gasteiger partial charge in [0.25, 0.3) is 0 Å². The van der Waals surface area contributed by atoms with E-state index in [1.807, 2.05) is 6.20 Å². The highest BCUT2D eigenvalue weighted by atomic mass is 15.0. The van der Waals surface area contributed by atoms with Gasteiger partial charge in [0.2, 0.25) is 0 Å². The van der Waals surface area contributed by atoms with Crippen molar-refractivity contribution in [3.63, 3.8) is 0 Å². The van der Waals surface area contributed by atoms with Crippen molar-refractivity contribution in [1.29, 1.82) is 0 Å². The largest absolute Gasteiger partial charge is 0.382 e.